The first-order valence-electron chi connectivity index (χ1n) is 5.80. The molecule has 4 heteroatoms. The number of nitrogens with zero attached hydrogens (tertiary/aromatic N) is 1. The molecule has 0 aliphatic carbocycles. The van der Waals surface area contributed by atoms with Crippen molar-refractivity contribution in [3.05, 3.63) is 23.5 Å². The van der Waals surface area contributed by atoms with Gasteiger partial charge < -0.3 is 9.88 Å². The number of rotatable bonds is 2. The Labute approximate surface area is 103 Å². The molecule has 1 aromatic rings. The van der Waals surface area contributed by atoms with Crippen LogP contribution in [0.4, 0.5) is 0 Å². The van der Waals surface area contributed by atoms with Crippen molar-refractivity contribution in [1.29, 1.82) is 0 Å². The molecular formula is C12H20N2OS. The number of aromatic nitrogens is 1. The monoisotopic (exact) mass is 240 g/mol. The highest BCUT2D eigenvalue weighted by Gasteiger charge is 2.23. The lowest BCUT2D eigenvalue weighted by molar-refractivity contribution is 0.0914. The number of carbonyl (C=O) groups is 1. The molecule has 0 saturated carbocycles. The Morgan fingerprint density at radius 3 is 2.88 bits per heavy atom. The molecule has 90 valence electrons. The number of fused-ring (bicyclic) bond motifs is 1. The van der Waals surface area contributed by atoms with Crippen LogP contribution in [0.2, 0.25) is 0 Å². The van der Waals surface area contributed by atoms with Gasteiger partial charge in [0.05, 0.1) is 6.04 Å². The van der Waals surface area contributed by atoms with E-state index >= 15 is 0 Å². The van der Waals surface area contributed by atoms with E-state index < -0.39 is 0 Å². The van der Waals surface area contributed by atoms with E-state index in [0.29, 0.717) is 6.04 Å². The second-order valence-corrected chi connectivity index (χ2v) is 4.13. The smallest absolute Gasteiger partial charge is 0.267 e. The molecule has 0 bridgehead atoms. The topological polar surface area (TPSA) is 34.0 Å². The van der Waals surface area contributed by atoms with Crippen LogP contribution in [-0.2, 0) is 0 Å². The molecule has 3 nitrogen and oxygen atoms in total. The van der Waals surface area contributed by atoms with Crippen LogP contribution in [0.5, 0.6) is 0 Å². The summed E-state index contributed by atoms with van der Waals surface area (Å²) in [5.74, 6) is 0.880. The Kier molecular flexibility index (Phi) is 4.93. The van der Waals surface area contributed by atoms with Crippen LogP contribution in [0.25, 0.3) is 0 Å². The summed E-state index contributed by atoms with van der Waals surface area (Å²) in [6, 6.07) is 2.30. The van der Waals surface area contributed by atoms with Crippen molar-refractivity contribution in [2.24, 2.45) is 0 Å². The fourth-order valence-corrected chi connectivity index (χ4v) is 2.19. The van der Waals surface area contributed by atoms with Crippen molar-refractivity contribution in [2.45, 2.75) is 33.2 Å². The van der Waals surface area contributed by atoms with E-state index in [-0.39, 0.29) is 5.91 Å². The van der Waals surface area contributed by atoms with Crippen molar-refractivity contribution in [3.63, 3.8) is 0 Å². The molecule has 0 saturated heterocycles. The molecule has 1 N–H and O–H groups in total. The SMILES string of the molecule is CC.Cc1cc2n(c1)C(CCS)CNC2=O. The number of carbonyl (C=O) groups excluding carboxylic acids is 1. The van der Waals surface area contributed by atoms with Crippen molar-refractivity contribution in [2.75, 3.05) is 12.3 Å². The van der Waals surface area contributed by atoms with Crippen LogP contribution in [0.1, 0.15) is 42.4 Å². The van der Waals surface area contributed by atoms with Gasteiger partial charge in [0.15, 0.2) is 0 Å². The average molecular weight is 240 g/mol. The summed E-state index contributed by atoms with van der Waals surface area (Å²) in [6.07, 6.45) is 3.03. The van der Waals surface area contributed by atoms with Crippen molar-refractivity contribution >= 4 is 18.5 Å². The summed E-state index contributed by atoms with van der Waals surface area (Å²) in [5.41, 5.74) is 1.92. The molecule has 1 aliphatic rings. The van der Waals surface area contributed by atoms with Gasteiger partial charge >= 0.3 is 0 Å². The molecule has 0 radical (unpaired) electrons. The zero-order valence-corrected chi connectivity index (χ0v) is 11.1. The molecule has 1 aromatic heterocycles. The summed E-state index contributed by atoms with van der Waals surface area (Å²) in [7, 11) is 0. The maximum atomic E-state index is 11.5. The minimum atomic E-state index is 0.0357. The Hall–Kier alpha value is -0.900. The lowest BCUT2D eigenvalue weighted by atomic mass is 10.1. The Balaban J connectivity index is 0.000000606. The molecule has 1 unspecified atom stereocenters. The van der Waals surface area contributed by atoms with Gasteiger partial charge in [-0.05, 0) is 30.7 Å². The van der Waals surface area contributed by atoms with Gasteiger partial charge in [-0.15, -0.1) is 0 Å². The lowest BCUT2D eigenvalue weighted by Gasteiger charge is -2.25. The molecular weight excluding hydrogens is 220 g/mol. The first-order chi connectivity index (χ1) is 7.72. The Bertz CT molecular complexity index is 360. The second-order valence-electron chi connectivity index (χ2n) is 3.69. The van der Waals surface area contributed by atoms with Gasteiger partial charge in [-0.3, -0.25) is 4.79 Å². The van der Waals surface area contributed by atoms with E-state index in [1.54, 1.807) is 0 Å². The third-order valence-electron chi connectivity index (χ3n) is 2.57. The predicted octanol–water partition coefficient (Wildman–Crippen LogP) is 2.43. The molecule has 0 aromatic carbocycles. The fourth-order valence-electron chi connectivity index (χ4n) is 1.89. The van der Waals surface area contributed by atoms with E-state index in [9.17, 15) is 4.79 Å². The summed E-state index contributed by atoms with van der Waals surface area (Å²) < 4.78 is 2.07. The number of hydrogen-bond donors (Lipinski definition) is 2. The van der Waals surface area contributed by atoms with Crippen LogP contribution < -0.4 is 5.32 Å². The van der Waals surface area contributed by atoms with Gasteiger partial charge in [-0.1, -0.05) is 13.8 Å². The quantitative estimate of drug-likeness (QED) is 0.765. The highest BCUT2D eigenvalue weighted by Crippen LogP contribution is 2.21. The zero-order chi connectivity index (χ0) is 12.1. The van der Waals surface area contributed by atoms with Crippen molar-refractivity contribution < 1.29 is 4.79 Å². The predicted molar refractivity (Wildman–Crippen MR) is 70.4 cm³/mol. The molecule has 2 heterocycles. The van der Waals surface area contributed by atoms with E-state index in [0.717, 1.165) is 30.0 Å². The first kappa shape index (κ1) is 13.2. The summed E-state index contributed by atoms with van der Waals surface area (Å²) in [4.78, 5) is 11.5. The van der Waals surface area contributed by atoms with E-state index in [1.165, 1.54) is 0 Å². The van der Waals surface area contributed by atoms with Gasteiger partial charge in [0.1, 0.15) is 5.69 Å². The number of hydrogen-bond acceptors (Lipinski definition) is 2. The number of nitrogens with one attached hydrogen (secondary N) is 1. The summed E-state index contributed by atoms with van der Waals surface area (Å²) >= 11 is 4.23. The minimum absolute atomic E-state index is 0.0357. The Morgan fingerprint density at radius 2 is 2.25 bits per heavy atom. The lowest BCUT2D eigenvalue weighted by Crippen LogP contribution is -2.38. The van der Waals surface area contributed by atoms with Crippen LogP contribution in [0.15, 0.2) is 12.3 Å². The maximum Gasteiger partial charge on any atom is 0.267 e. The third-order valence-corrected chi connectivity index (χ3v) is 2.83. The van der Waals surface area contributed by atoms with Crippen molar-refractivity contribution in [1.82, 2.24) is 9.88 Å². The highest BCUT2D eigenvalue weighted by molar-refractivity contribution is 7.80. The van der Waals surface area contributed by atoms with Gasteiger partial charge in [-0.25, -0.2) is 0 Å². The first-order valence-corrected chi connectivity index (χ1v) is 6.43. The average Bonchev–Trinajstić information content (AvgIpc) is 2.68. The molecule has 0 spiro atoms. The van der Waals surface area contributed by atoms with Gasteiger partial charge in [0, 0.05) is 12.7 Å². The number of thiol groups is 1. The summed E-state index contributed by atoms with van der Waals surface area (Å²) in [5, 5.41) is 2.89. The number of amides is 1. The normalized spacial score (nSPS) is 18.2. The second kappa shape index (κ2) is 5.99. The molecule has 2 rings (SSSR count). The van der Waals surface area contributed by atoms with E-state index in [4.69, 9.17) is 0 Å². The van der Waals surface area contributed by atoms with Gasteiger partial charge in [0.25, 0.3) is 5.91 Å². The van der Waals surface area contributed by atoms with Crippen LogP contribution in [-0.4, -0.2) is 22.8 Å². The standard InChI is InChI=1S/C10H14N2OS.C2H6/c1-7-4-9-10(13)11-5-8(2-3-14)12(9)6-7;1-2/h4,6,8,14H,2-3,5H2,1H3,(H,11,13);1-2H3. The van der Waals surface area contributed by atoms with E-state index in [1.807, 2.05) is 33.0 Å². The summed E-state index contributed by atoms with van der Waals surface area (Å²) in [6.45, 7) is 6.73. The number of aryl methyl sites for hydroxylation is 1. The van der Waals surface area contributed by atoms with Gasteiger partial charge in [-0.2, -0.15) is 12.6 Å². The zero-order valence-electron chi connectivity index (χ0n) is 10.2. The molecule has 1 aliphatic heterocycles. The van der Waals surface area contributed by atoms with Gasteiger partial charge in [0.2, 0.25) is 0 Å². The molecule has 1 atom stereocenters. The van der Waals surface area contributed by atoms with Crippen LogP contribution >= 0.6 is 12.6 Å². The van der Waals surface area contributed by atoms with Crippen LogP contribution in [0, 0.1) is 6.92 Å². The van der Waals surface area contributed by atoms with E-state index in [2.05, 4.69) is 22.5 Å². The highest BCUT2D eigenvalue weighted by atomic mass is 32.1. The molecule has 1 amide bonds. The minimum Gasteiger partial charge on any atom is -0.349 e. The van der Waals surface area contributed by atoms with Crippen molar-refractivity contribution in [3.8, 4) is 0 Å². The fraction of sp³-hybridized carbons (Fsp3) is 0.583. The maximum absolute atomic E-state index is 11.5. The third kappa shape index (κ3) is 2.61. The largest absolute Gasteiger partial charge is 0.349 e. The van der Waals surface area contributed by atoms with Crippen LogP contribution in [0.3, 0.4) is 0 Å². The molecule has 16 heavy (non-hydrogen) atoms. The Morgan fingerprint density at radius 1 is 1.56 bits per heavy atom. The molecule has 0 fully saturated rings.